The van der Waals surface area contributed by atoms with Gasteiger partial charge in [0.1, 0.15) is 53.8 Å². The number of methoxy groups -OCH3 is 1. The van der Waals surface area contributed by atoms with E-state index in [0.29, 0.717) is 11.1 Å². The molecule has 1 saturated heterocycles. The molecule has 6 atom stereocenters. The summed E-state index contributed by atoms with van der Waals surface area (Å²) < 4.78 is 52.5. The Labute approximate surface area is 243 Å². The number of nitrogens with zero attached hydrogens (tertiary/aromatic N) is 4. The molecule has 18 nitrogen and oxygen atoms in total. The number of carbonyl (C=O) groups is 1. The normalized spacial score (nSPS) is 24.5. The number of phenolic OH excluding ortho intramolecular Hbond substituents is 1. The number of nitrogens with two attached hydrogens (primary N) is 1. The van der Waals surface area contributed by atoms with Crippen LogP contribution in [0.3, 0.4) is 0 Å². The molecule has 43 heavy (non-hydrogen) atoms. The Morgan fingerprint density at radius 3 is 2.58 bits per heavy atom. The minimum absolute atomic E-state index is 0.0314. The van der Waals surface area contributed by atoms with Crippen molar-refractivity contribution < 1.29 is 62.3 Å². The molecule has 0 radical (unpaired) electrons. The van der Waals surface area contributed by atoms with E-state index in [1.165, 1.54) is 24.3 Å². The molecule has 7 N–H and O–H groups in total. The van der Waals surface area contributed by atoms with E-state index in [4.69, 9.17) is 29.0 Å². The van der Waals surface area contributed by atoms with Crippen molar-refractivity contribution in [3.63, 3.8) is 0 Å². The molecule has 0 spiro atoms. The maximum absolute atomic E-state index is 12.7. The van der Waals surface area contributed by atoms with Crippen molar-refractivity contribution in [2.24, 2.45) is 0 Å². The van der Waals surface area contributed by atoms with Crippen molar-refractivity contribution in [3.05, 3.63) is 34.9 Å². The maximum Gasteiger partial charge on any atom is 0.342 e. The van der Waals surface area contributed by atoms with Crippen molar-refractivity contribution in [2.45, 2.75) is 44.5 Å². The highest BCUT2D eigenvalue weighted by molar-refractivity contribution is 7.70. The lowest BCUT2D eigenvalue weighted by molar-refractivity contribution is -0.0483. The predicted octanol–water partition coefficient (Wildman–Crippen LogP) is 0.325. The van der Waals surface area contributed by atoms with E-state index >= 15 is 0 Å². The lowest BCUT2D eigenvalue weighted by atomic mass is 9.95. The number of aliphatic hydroxyl groups excluding tert-OH is 2. The molecule has 4 heterocycles. The highest BCUT2D eigenvalue weighted by Gasteiger charge is 2.46. The Kier molecular flexibility index (Phi) is 8.52. The fourth-order valence-electron chi connectivity index (χ4n) is 5.01. The molecular formula is C23H29N5O13P2. The first-order valence-corrected chi connectivity index (χ1v) is 16.2. The Bertz CT molecular complexity index is 1670. The number of phenols is 1. The third kappa shape index (κ3) is 5.98. The number of aromatic nitrogens is 4. The molecule has 2 aliphatic rings. The van der Waals surface area contributed by atoms with Gasteiger partial charge in [0.2, 0.25) is 0 Å². The van der Waals surface area contributed by atoms with Gasteiger partial charge in [-0.15, -0.1) is 0 Å². The molecule has 3 aromatic rings. The largest absolute Gasteiger partial charge is 0.507 e. The van der Waals surface area contributed by atoms with Gasteiger partial charge < -0.3 is 54.1 Å². The van der Waals surface area contributed by atoms with Gasteiger partial charge in [-0.25, -0.2) is 19.7 Å². The van der Waals surface area contributed by atoms with E-state index in [1.54, 1.807) is 6.92 Å². The number of esters is 1. The third-order valence-corrected chi connectivity index (χ3v) is 11.1. The average molecular weight is 645 g/mol. The molecule has 0 aliphatic carbocycles. The predicted molar refractivity (Wildman–Crippen MR) is 144 cm³/mol. The van der Waals surface area contributed by atoms with E-state index in [0.717, 1.165) is 0 Å². The van der Waals surface area contributed by atoms with Gasteiger partial charge in [-0.2, -0.15) is 0 Å². The second-order valence-electron chi connectivity index (χ2n) is 9.84. The second-order valence-corrected chi connectivity index (χ2v) is 14.0. The highest BCUT2D eigenvalue weighted by Crippen LogP contribution is 2.58. The zero-order chi connectivity index (χ0) is 31.3. The number of fused-ring (bicyclic) bond motifs is 2. The number of aromatic hydroxyl groups is 1. The van der Waals surface area contributed by atoms with Crippen LogP contribution in [0.25, 0.3) is 11.2 Å². The van der Waals surface area contributed by atoms with E-state index in [1.807, 2.05) is 0 Å². The van der Waals surface area contributed by atoms with Crippen molar-refractivity contribution >= 4 is 38.1 Å². The summed E-state index contributed by atoms with van der Waals surface area (Å²) in [5, 5.41) is 31.6. The first-order chi connectivity index (χ1) is 20.2. The average Bonchev–Trinajstić information content (AvgIpc) is 3.62. The van der Waals surface area contributed by atoms with Crippen LogP contribution < -0.4 is 10.5 Å². The molecule has 2 unspecified atom stereocenters. The molecule has 0 amide bonds. The minimum atomic E-state index is -4.80. The topological polar surface area (TPSA) is 268 Å². The molecule has 0 bridgehead atoms. The number of rotatable bonds is 11. The van der Waals surface area contributed by atoms with Gasteiger partial charge in [-0.05, 0) is 12.5 Å². The summed E-state index contributed by atoms with van der Waals surface area (Å²) in [7, 11) is -8.20. The van der Waals surface area contributed by atoms with Crippen LogP contribution in [-0.4, -0.2) is 95.1 Å². The Morgan fingerprint density at radius 2 is 1.86 bits per heavy atom. The zero-order valence-corrected chi connectivity index (χ0v) is 24.6. The van der Waals surface area contributed by atoms with Crippen LogP contribution >= 0.6 is 15.2 Å². The van der Waals surface area contributed by atoms with Crippen molar-refractivity contribution in [1.82, 2.24) is 19.5 Å². The summed E-state index contributed by atoms with van der Waals surface area (Å²) in [6.07, 6.45) is -3.39. The van der Waals surface area contributed by atoms with E-state index in [2.05, 4.69) is 15.0 Å². The third-order valence-electron chi connectivity index (χ3n) is 7.09. The van der Waals surface area contributed by atoms with Crippen LogP contribution in [0.4, 0.5) is 5.82 Å². The number of hydrogen-bond acceptors (Lipinski definition) is 15. The quantitative estimate of drug-likeness (QED) is 0.121. The van der Waals surface area contributed by atoms with Gasteiger partial charge in [0.15, 0.2) is 23.6 Å². The van der Waals surface area contributed by atoms with Gasteiger partial charge in [-0.3, -0.25) is 13.7 Å². The molecule has 1 aromatic carbocycles. The van der Waals surface area contributed by atoms with Gasteiger partial charge in [0.05, 0.1) is 26.7 Å². The fraction of sp³-hybridized carbons (Fsp3) is 0.478. The monoisotopic (exact) mass is 645 g/mol. The molecule has 234 valence electrons. The van der Waals surface area contributed by atoms with Gasteiger partial charge in [-0.1, -0.05) is 0 Å². The summed E-state index contributed by atoms with van der Waals surface area (Å²) >= 11 is 0. The van der Waals surface area contributed by atoms with E-state index < -0.39 is 70.6 Å². The first-order valence-electron chi connectivity index (χ1n) is 12.7. The number of benzene rings is 1. The minimum Gasteiger partial charge on any atom is -0.507 e. The molecule has 2 aliphatic heterocycles. The van der Waals surface area contributed by atoms with Gasteiger partial charge >= 0.3 is 21.2 Å². The Hall–Kier alpha value is -3.18. The van der Waals surface area contributed by atoms with Crippen LogP contribution in [0.1, 0.15) is 33.3 Å². The van der Waals surface area contributed by atoms with Gasteiger partial charge in [0.25, 0.3) is 0 Å². The summed E-state index contributed by atoms with van der Waals surface area (Å²) in [6.45, 7) is 0.386. The summed E-state index contributed by atoms with van der Waals surface area (Å²) in [5.41, 5.74) is 7.30. The molecular weight excluding hydrogens is 616 g/mol. The smallest absolute Gasteiger partial charge is 0.342 e. The molecule has 5 rings (SSSR count). The number of cyclic esters (lactones) is 1. The number of carbonyl (C=O) groups excluding carboxylic acids is 1. The van der Waals surface area contributed by atoms with Crippen LogP contribution in [0.2, 0.25) is 0 Å². The fourth-order valence-corrected chi connectivity index (χ4v) is 8.23. The first kappa shape index (κ1) is 31.3. The van der Waals surface area contributed by atoms with E-state index in [-0.39, 0.29) is 46.9 Å². The SMILES string of the molecule is COc1c(C)c2c(c(O)c1CCOP(=O)(O)CP(=O)(O)OC[C@@H]1O[C@H](n3cnc4c(N)ncnc43)[C@@H](O)[C@H]1O)C(=O)OC2. The Balaban J connectivity index is 1.19. The van der Waals surface area contributed by atoms with Crippen LogP contribution in [0.15, 0.2) is 12.7 Å². The molecule has 1 fully saturated rings. The molecule has 2 aromatic heterocycles. The highest BCUT2D eigenvalue weighted by atomic mass is 31.2. The number of ether oxygens (including phenoxy) is 3. The van der Waals surface area contributed by atoms with Crippen molar-refractivity contribution in [3.8, 4) is 11.5 Å². The van der Waals surface area contributed by atoms with Crippen LogP contribution in [0, 0.1) is 6.92 Å². The summed E-state index contributed by atoms with van der Waals surface area (Å²) in [6, 6.07) is 0. The summed E-state index contributed by atoms with van der Waals surface area (Å²) in [5.74, 6) is -2.13. The standard InChI is InChI=1S/C23H29N5O13P2/c1-10-12-5-38-23(32)14(12)16(29)11(19(10)37-2)3-4-39-42(33,34)9-43(35,36)40-6-13-17(30)18(31)22(41-13)28-8-27-15-20(24)25-7-26-21(15)28/h7-8,13,17-18,22,29-31H,3-6,9H2,1-2H3,(H,33,34)(H,35,36)(H2,24,25,26)/t13-,17-,18-,22-/m0/s1. The number of anilines is 1. The number of nitrogen functional groups attached to an aromatic ring is 1. The van der Waals surface area contributed by atoms with Crippen molar-refractivity contribution in [2.75, 3.05) is 32.0 Å². The second kappa shape index (κ2) is 11.7. The van der Waals surface area contributed by atoms with Crippen molar-refractivity contribution in [1.29, 1.82) is 0 Å². The maximum atomic E-state index is 12.7. The van der Waals surface area contributed by atoms with Gasteiger partial charge in [0, 0.05) is 17.5 Å². The van der Waals surface area contributed by atoms with Crippen LogP contribution in [-0.2, 0) is 40.7 Å². The zero-order valence-electron chi connectivity index (χ0n) is 22.8. The molecule has 20 heteroatoms. The number of aliphatic hydroxyl groups is 2. The number of imidazole rings is 1. The van der Waals surface area contributed by atoms with E-state index in [9.17, 15) is 39.0 Å². The summed E-state index contributed by atoms with van der Waals surface area (Å²) in [4.78, 5) is 44.5. The Morgan fingerprint density at radius 1 is 1.14 bits per heavy atom. The lowest BCUT2D eigenvalue weighted by Gasteiger charge is -2.20. The molecule has 0 saturated carbocycles. The lowest BCUT2D eigenvalue weighted by Crippen LogP contribution is -2.33. The van der Waals surface area contributed by atoms with Crippen LogP contribution in [0.5, 0.6) is 11.5 Å². The number of hydrogen-bond donors (Lipinski definition) is 6.